The Morgan fingerprint density at radius 1 is 1.29 bits per heavy atom. The van der Waals surface area contributed by atoms with Gasteiger partial charge in [-0.1, -0.05) is 26.0 Å². The first-order chi connectivity index (χ1) is 6.75. The van der Waals surface area contributed by atoms with E-state index >= 15 is 0 Å². The van der Waals surface area contributed by atoms with Gasteiger partial charge in [0.25, 0.3) is 5.91 Å². The molecule has 1 saturated heterocycles. The zero-order valence-electron chi connectivity index (χ0n) is 9.08. The first-order valence-electron chi connectivity index (χ1n) is 5.44. The Kier molecular flexibility index (Phi) is 2.22. The van der Waals surface area contributed by atoms with Gasteiger partial charge < -0.3 is 4.90 Å². The Hall–Kier alpha value is -1.05. The van der Waals surface area contributed by atoms with Crippen LogP contribution in [0.25, 0.3) is 0 Å². The highest BCUT2D eigenvalue weighted by Crippen LogP contribution is 2.47. The van der Waals surface area contributed by atoms with Crippen LogP contribution in [-0.2, 0) is 4.79 Å². The van der Waals surface area contributed by atoms with Crippen LogP contribution in [0.1, 0.15) is 20.3 Å². The van der Waals surface area contributed by atoms with Crippen LogP contribution in [0.3, 0.4) is 0 Å². The van der Waals surface area contributed by atoms with Gasteiger partial charge in [0, 0.05) is 19.2 Å². The fourth-order valence-corrected chi connectivity index (χ4v) is 2.17. The minimum Gasteiger partial charge on any atom is -0.337 e. The van der Waals surface area contributed by atoms with Crippen LogP contribution in [0.15, 0.2) is 23.3 Å². The lowest BCUT2D eigenvalue weighted by Gasteiger charge is -2.03. The molecule has 0 N–H and O–H groups in total. The van der Waals surface area contributed by atoms with Crippen molar-refractivity contribution < 1.29 is 4.79 Å². The van der Waals surface area contributed by atoms with Crippen LogP contribution in [-0.4, -0.2) is 24.4 Å². The molecule has 14 heavy (non-hydrogen) atoms. The molecule has 0 radical (unpaired) electrons. The number of rotatable bonds is 0. The highest BCUT2D eigenvalue weighted by Gasteiger charge is 2.41. The third kappa shape index (κ3) is 1.29. The highest BCUT2D eigenvalue weighted by atomic mass is 16.2. The second kappa shape index (κ2) is 3.26. The molecule has 1 saturated carbocycles. The van der Waals surface area contributed by atoms with Gasteiger partial charge in [0.05, 0.1) is 0 Å². The second-order valence-electron chi connectivity index (χ2n) is 4.00. The predicted octanol–water partition coefficient (Wildman–Crippen LogP) is 1.99. The normalized spacial score (nSPS) is 32.2. The summed E-state index contributed by atoms with van der Waals surface area (Å²) >= 11 is 0. The van der Waals surface area contributed by atoms with Gasteiger partial charge in [0.2, 0.25) is 0 Å². The molecule has 2 heteroatoms. The van der Waals surface area contributed by atoms with E-state index in [0.29, 0.717) is 5.92 Å². The van der Waals surface area contributed by atoms with Gasteiger partial charge in [-0.3, -0.25) is 4.79 Å². The van der Waals surface area contributed by atoms with Crippen molar-refractivity contribution in [1.82, 2.24) is 4.90 Å². The van der Waals surface area contributed by atoms with Crippen molar-refractivity contribution in [2.75, 3.05) is 13.6 Å². The molecule has 1 amide bonds. The third-order valence-electron chi connectivity index (χ3n) is 3.02. The number of allylic oxidation sites excluding steroid dienone is 2. The highest BCUT2D eigenvalue weighted by molar-refractivity contribution is 6.01. The van der Waals surface area contributed by atoms with Gasteiger partial charge in [-0.2, -0.15) is 0 Å². The molecule has 2 aliphatic carbocycles. The molecule has 0 aromatic heterocycles. The minimum absolute atomic E-state index is 0.214. The maximum atomic E-state index is 11.5. The largest absolute Gasteiger partial charge is 0.337 e. The van der Waals surface area contributed by atoms with E-state index in [2.05, 4.69) is 12.2 Å². The van der Waals surface area contributed by atoms with E-state index < -0.39 is 0 Å². The third-order valence-corrected chi connectivity index (χ3v) is 3.02. The molecule has 2 unspecified atom stereocenters. The van der Waals surface area contributed by atoms with Crippen molar-refractivity contribution in [3.63, 3.8) is 0 Å². The van der Waals surface area contributed by atoms with Gasteiger partial charge in [-0.25, -0.2) is 0 Å². The number of likely N-dealkylation sites (tertiary alicyclic amines) is 1. The summed E-state index contributed by atoms with van der Waals surface area (Å²) in [6, 6.07) is 0. The minimum atomic E-state index is 0.214. The SMILES string of the molecule is CC.CN1CC2=CC3CC3C=C2C1=O. The number of hydrogen-bond donors (Lipinski definition) is 0. The van der Waals surface area contributed by atoms with Crippen molar-refractivity contribution in [2.45, 2.75) is 20.3 Å². The molecule has 2 nitrogen and oxygen atoms in total. The zero-order valence-corrected chi connectivity index (χ0v) is 9.08. The van der Waals surface area contributed by atoms with Crippen LogP contribution in [0.2, 0.25) is 0 Å². The molecule has 76 valence electrons. The Balaban J connectivity index is 0.000000354. The van der Waals surface area contributed by atoms with E-state index in [0.717, 1.165) is 18.0 Å². The predicted molar refractivity (Wildman–Crippen MR) is 56.7 cm³/mol. The average molecular weight is 191 g/mol. The van der Waals surface area contributed by atoms with Gasteiger partial charge in [-0.15, -0.1) is 0 Å². The standard InChI is InChI=1S/C10H11NO.C2H6/c1-11-5-8-3-6-2-7(6)4-9(8)10(11)12;1-2/h3-4,6-7H,2,5H2,1H3;1-2H3. The molecule has 3 rings (SSSR count). The summed E-state index contributed by atoms with van der Waals surface area (Å²) in [4.78, 5) is 13.3. The van der Waals surface area contributed by atoms with E-state index in [-0.39, 0.29) is 5.91 Å². The van der Waals surface area contributed by atoms with E-state index in [1.807, 2.05) is 20.9 Å². The Morgan fingerprint density at radius 2 is 1.93 bits per heavy atom. The first-order valence-corrected chi connectivity index (χ1v) is 5.44. The van der Waals surface area contributed by atoms with Gasteiger partial charge in [0.1, 0.15) is 0 Å². The fraction of sp³-hybridized carbons (Fsp3) is 0.583. The lowest BCUT2D eigenvalue weighted by Crippen LogP contribution is -2.19. The number of hydrogen-bond acceptors (Lipinski definition) is 1. The quantitative estimate of drug-likeness (QED) is 0.573. The average Bonchev–Trinajstić information content (AvgIpc) is 2.91. The lowest BCUT2D eigenvalue weighted by atomic mass is 10.0. The number of carbonyl (C=O) groups excluding carboxylic acids is 1. The summed E-state index contributed by atoms with van der Waals surface area (Å²) in [5.41, 5.74) is 2.25. The molecule has 0 spiro atoms. The van der Waals surface area contributed by atoms with E-state index in [1.165, 1.54) is 12.0 Å². The molecular weight excluding hydrogens is 174 g/mol. The number of nitrogens with zero attached hydrogens (tertiary/aromatic N) is 1. The monoisotopic (exact) mass is 191 g/mol. The molecule has 1 heterocycles. The zero-order chi connectivity index (χ0) is 10.3. The maximum absolute atomic E-state index is 11.5. The molecule has 2 atom stereocenters. The molecule has 2 fully saturated rings. The summed E-state index contributed by atoms with van der Waals surface area (Å²) in [5, 5.41) is 0. The van der Waals surface area contributed by atoms with Gasteiger partial charge in [0.15, 0.2) is 0 Å². The molecule has 1 aliphatic heterocycles. The van der Waals surface area contributed by atoms with Crippen LogP contribution in [0, 0.1) is 11.8 Å². The summed E-state index contributed by atoms with van der Waals surface area (Å²) < 4.78 is 0. The number of carbonyl (C=O) groups is 1. The summed E-state index contributed by atoms with van der Waals surface area (Å²) in [6.45, 7) is 4.83. The van der Waals surface area contributed by atoms with E-state index in [4.69, 9.17) is 0 Å². The van der Waals surface area contributed by atoms with Crippen LogP contribution in [0.4, 0.5) is 0 Å². The number of likely N-dealkylation sites (N-methyl/N-ethyl adjacent to an activating group) is 1. The van der Waals surface area contributed by atoms with Crippen molar-refractivity contribution in [2.24, 2.45) is 11.8 Å². The topological polar surface area (TPSA) is 20.3 Å². The smallest absolute Gasteiger partial charge is 0.253 e. The summed E-state index contributed by atoms with van der Waals surface area (Å²) in [5.74, 6) is 1.67. The second-order valence-corrected chi connectivity index (χ2v) is 4.00. The molecule has 0 bridgehead atoms. The van der Waals surface area contributed by atoms with Crippen molar-refractivity contribution in [1.29, 1.82) is 0 Å². The number of fused-ring (bicyclic) bond motifs is 2. The van der Waals surface area contributed by atoms with Crippen molar-refractivity contribution in [3.8, 4) is 0 Å². The fourth-order valence-electron chi connectivity index (χ4n) is 2.17. The molecular formula is C12H17NO. The van der Waals surface area contributed by atoms with Crippen molar-refractivity contribution >= 4 is 5.91 Å². The van der Waals surface area contributed by atoms with Crippen LogP contribution >= 0.6 is 0 Å². The first kappa shape index (κ1) is 9.50. The molecule has 0 aromatic carbocycles. The van der Waals surface area contributed by atoms with E-state index in [1.54, 1.807) is 4.90 Å². The molecule has 3 aliphatic rings. The van der Waals surface area contributed by atoms with E-state index in [9.17, 15) is 4.79 Å². The Labute approximate surface area is 85.3 Å². The van der Waals surface area contributed by atoms with Crippen molar-refractivity contribution in [3.05, 3.63) is 23.3 Å². The lowest BCUT2D eigenvalue weighted by molar-refractivity contribution is -0.123. The number of amides is 1. The van der Waals surface area contributed by atoms with Gasteiger partial charge in [-0.05, 0) is 23.8 Å². The summed E-state index contributed by atoms with van der Waals surface area (Å²) in [7, 11) is 1.87. The summed E-state index contributed by atoms with van der Waals surface area (Å²) in [6.07, 6.45) is 5.73. The van der Waals surface area contributed by atoms with Gasteiger partial charge >= 0.3 is 0 Å². The maximum Gasteiger partial charge on any atom is 0.253 e. The Morgan fingerprint density at radius 3 is 2.64 bits per heavy atom. The molecule has 0 aromatic rings. The Bertz CT molecular complexity index is 327. The van der Waals surface area contributed by atoms with Crippen LogP contribution in [0.5, 0.6) is 0 Å². The van der Waals surface area contributed by atoms with Crippen LogP contribution < -0.4 is 0 Å².